The molecule has 98 valence electrons. The van der Waals surface area contributed by atoms with E-state index in [0.717, 1.165) is 12.8 Å². The number of rotatable bonds is 6. The summed E-state index contributed by atoms with van der Waals surface area (Å²) in [6.45, 7) is 3.38. The van der Waals surface area contributed by atoms with E-state index in [-0.39, 0.29) is 6.04 Å². The first kappa shape index (κ1) is 13.5. The predicted molar refractivity (Wildman–Crippen MR) is 78.0 cm³/mol. The van der Waals surface area contributed by atoms with Crippen LogP contribution in [0, 0.1) is 0 Å². The van der Waals surface area contributed by atoms with Gasteiger partial charge in [0.2, 0.25) is 0 Å². The van der Waals surface area contributed by atoms with Gasteiger partial charge in [-0.15, -0.1) is 0 Å². The molecule has 0 amide bonds. The highest BCUT2D eigenvalue weighted by atomic mass is 16.1. The summed E-state index contributed by atoms with van der Waals surface area (Å²) < 4.78 is 0. The van der Waals surface area contributed by atoms with Crippen LogP contribution in [0.15, 0.2) is 60.7 Å². The summed E-state index contributed by atoms with van der Waals surface area (Å²) in [6.07, 6.45) is 0.975. The molecule has 0 unspecified atom stereocenters. The van der Waals surface area contributed by atoms with E-state index in [1.807, 2.05) is 36.4 Å². The lowest BCUT2D eigenvalue weighted by Crippen LogP contribution is -2.31. The Morgan fingerprint density at radius 3 is 1.79 bits per heavy atom. The van der Waals surface area contributed by atoms with Gasteiger partial charge >= 0.3 is 0 Å². The lowest BCUT2D eigenvalue weighted by Gasteiger charge is -2.30. The van der Waals surface area contributed by atoms with Crippen molar-refractivity contribution in [3.63, 3.8) is 0 Å². The topological polar surface area (TPSA) is 20.3 Å². The zero-order valence-corrected chi connectivity index (χ0v) is 11.2. The molecule has 2 nitrogen and oxygen atoms in total. The van der Waals surface area contributed by atoms with Crippen molar-refractivity contribution in [2.45, 2.75) is 13.0 Å². The maximum Gasteiger partial charge on any atom is 0.134 e. The third-order valence-corrected chi connectivity index (χ3v) is 3.31. The molecule has 2 aromatic carbocycles. The van der Waals surface area contributed by atoms with E-state index in [0.29, 0.717) is 6.54 Å². The number of hydrogen-bond donors (Lipinski definition) is 0. The zero-order chi connectivity index (χ0) is 13.5. The van der Waals surface area contributed by atoms with Gasteiger partial charge in [0.15, 0.2) is 0 Å². The van der Waals surface area contributed by atoms with Gasteiger partial charge in [-0.05, 0) is 17.7 Å². The van der Waals surface area contributed by atoms with E-state index in [9.17, 15) is 4.79 Å². The first-order chi connectivity index (χ1) is 9.36. The molecule has 0 saturated heterocycles. The number of nitrogens with zero attached hydrogens (tertiary/aromatic N) is 1. The normalized spacial score (nSPS) is 10.9. The number of carbonyl (C=O) groups is 1. The summed E-state index contributed by atoms with van der Waals surface area (Å²) in [4.78, 5) is 13.1. The fourth-order valence-corrected chi connectivity index (χ4v) is 2.40. The molecule has 0 spiro atoms. The Hall–Kier alpha value is -1.93. The van der Waals surface area contributed by atoms with Crippen LogP contribution in [-0.4, -0.2) is 24.3 Å². The Bertz CT molecular complexity index is 456. The van der Waals surface area contributed by atoms with Gasteiger partial charge in [0.05, 0.1) is 12.6 Å². The van der Waals surface area contributed by atoms with Crippen molar-refractivity contribution in [1.29, 1.82) is 0 Å². The molecule has 0 aliphatic rings. The third kappa shape index (κ3) is 3.30. The van der Waals surface area contributed by atoms with Crippen LogP contribution in [0.3, 0.4) is 0 Å². The van der Waals surface area contributed by atoms with Crippen molar-refractivity contribution in [3.05, 3.63) is 71.8 Å². The van der Waals surface area contributed by atoms with Crippen molar-refractivity contribution in [2.75, 3.05) is 13.1 Å². The molecule has 0 N–H and O–H groups in total. The second kappa shape index (κ2) is 6.86. The van der Waals surface area contributed by atoms with Crippen molar-refractivity contribution in [2.24, 2.45) is 0 Å². The zero-order valence-electron chi connectivity index (χ0n) is 11.2. The molecular formula is C17H19NO. The average molecular weight is 253 g/mol. The van der Waals surface area contributed by atoms with Crippen molar-refractivity contribution >= 4 is 6.29 Å². The summed E-state index contributed by atoms with van der Waals surface area (Å²) in [5, 5.41) is 0. The highest BCUT2D eigenvalue weighted by molar-refractivity contribution is 5.52. The number of benzene rings is 2. The molecule has 0 saturated carbocycles. The Labute approximate surface area is 114 Å². The van der Waals surface area contributed by atoms with Crippen LogP contribution in [-0.2, 0) is 4.79 Å². The second-order valence-electron chi connectivity index (χ2n) is 4.48. The van der Waals surface area contributed by atoms with Gasteiger partial charge in [-0.1, -0.05) is 67.6 Å². The SMILES string of the molecule is CCN(CC=O)C(c1ccccc1)c1ccccc1. The largest absolute Gasteiger partial charge is 0.302 e. The van der Waals surface area contributed by atoms with Crippen LogP contribution in [0.25, 0.3) is 0 Å². The standard InChI is InChI=1S/C17H19NO/c1-2-18(13-14-19)17(15-9-5-3-6-10-15)16-11-7-4-8-12-16/h3-12,14,17H,2,13H2,1H3. The van der Waals surface area contributed by atoms with Gasteiger partial charge in [0, 0.05) is 0 Å². The summed E-state index contributed by atoms with van der Waals surface area (Å²) in [5.74, 6) is 0. The van der Waals surface area contributed by atoms with Crippen molar-refractivity contribution < 1.29 is 4.79 Å². The van der Waals surface area contributed by atoms with Crippen molar-refractivity contribution in [3.8, 4) is 0 Å². The first-order valence-corrected chi connectivity index (χ1v) is 6.64. The van der Waals surface area contributed by atoms with E-state index in [1.54, 1.807) is 0 Å². The number of aldehydes is 1. The van der Waals surface area contributed by atoms with Crippen LogP contribution in [0.1, 0.15) is 24.1 Å². The fourth-order valence-electron chi connectivity index (χ4n) is 2.40. The summed E-state index contributed by atoms with van der Waals surface area (Å²) in [7, 11) is 0. The highest BCUT2D eigenvalue weighted by Crippen LogP contribution is 2.27. The van der Waals surface area contributed by atoms with E-state index in [4.69, 9.17) is 0 Å². The van der Waals surface area contributed by atoms with Gasteiger partial charge in [-0.25, -0.2) is 0 Å². The monoisotopic (exact) mass is 253 g/mol. The number of hydrogen-bond acceptors (Lipinski definition) is 2. The van der Waals surface area contributed by atoms with Crippen LogP contribution in [0.5, 0.6) is 0 Å². The Morgan fingerprint density at radius 1 is 0.947 bits per heavy atom. The van der Waals surface area contributed by atoms with Crippen LogP contribution >= 0.6 is 0 Å². The maximum absolute atomic E-state index is 10.9. The molecule has 0 fully saturated rings. The molecular weight excluding hydrogens is 234 g/mol. The molecule has 2 heteroatoms. The Kier molecular flexibility index (Phi) is 4.87. The molecule has 2 aromatic rings. The smallest absolute Gasteiger partial charge is 0.134 e. The third-order valence-electron chi connectivity index (χ3n) is 3.31. The van der Waals surface area contributed by atoms with Crippen LogP contribution in [0.4, 0.5) is 0 Å². The molecule has 0 radical (unpaired) electrons. The van der Waals surface area contributed by atoms with Gasteiger partial charge < -0.3 is 4.79 Å². The molecule has 0 aliphatic heterocycles. The summed E-state index contributed by atoms with van der Waals surface area (Å²) in [6, 6.07) is 20.8. The average Bonchev–Trinajstić information content (AvgIpc) is 2.49. The summed E-state index contributed by atoms with van der Waals surface area (Å²) >= 11 is 0. The molecule has 0 atom stereocenters. The molecule has 0 aromatic heterocycles. The van der Waals surface area contributed by atoms with Gasteiger partial charge in [0.25, 0.3) is 0 Å². The van der Waals surface area contributed by atoms with E-state index in [2.05, 4.69) is 36.1 Å². The van der Waals surface area contributed by atoms with E-state index in [1.165, 1.54) is 11.1 Å². The quantitative estimate of drug-likeness (QED) is 0.736. The predicted octanol–water partition coefficient (Wildman–Crippen LogP) is 3.30. The lowest BCUT2D eigenvalue weighted by molar-refractivity contribution is -0.109. The Balaban J connectivity index is 2.41. The van der Waals surface area contributed by atoms with E-state index < -0.39 is 0 Å². The maximum atomic E-state index is 10.9. The minimum absolute atomic E-state index is 0.137. The Morgan fingerprint density at radius 2 is 1.42 bits per heavy atom. The lowest BCUT2D eigenvalue weighted by atomic mass is 9.97. The fraction of sp³-hybridized carbons (Fsp3) is 0.235. The van der Waals surface area contributed by atoms with Gasteiger partial charge in [-0.2, -0.15) is 0 Å². The molecule has 2 rings (SSSR count). The van der Waals surface area contributed by atoms with Crippen LogP contribution in [0.2, 0.25) is 0 Å². The summed E-state index contributed by atoms with van der Waals surface area (Å²) in [5.41, 5.74) is 2.44. The number of likely N-dealkylation sites (N-methyl/N-ethyl adjacent to an activating group) is 1. The highest BCUT2D eigenvalue weighted by Gasteiger charge is 2.20. The van der Waals surface area contributed by atoms with Crippen LogP contribution < -0.4 is 0 Å². The molecule has 0 bridgehead atoms. The van der Waals surface area contributed by atoms with Gasteiger partial charge in [0.1, 0.15) is 6.29 Å². The number of carbonyl (C=O) groups excluding carboxylic acids is 1. The molecule has 0 heterocycles. The molecule has 19 heavy (non-hydrogen) atoms. The first-order valence-electron chi connectivity index (χ1n) is 6.64. The minimum atomic E-state index is 0.137. The van der Waals surface area contributed by atoms with E-state index >= 15 is 0 Å². The van der Waals surface area contributed by atoms with Crippen molar-refractivity contribution in [1.82, 2.24) is 4.90 Å². The molecule has 0 aliphatic carbocycles. The van der Waals surface area contributed by atoms with Gasteiger partial charge in [-0.3, -0.25) is 4.90 Å². The minimum Gasteiger partial charge on any atom is -0.302 e. The second-order valence-corrected chi connectivity index (χ2v) is 4.48.